The average Bonchev–Trinajstić information content (AvgIpc) is 3.69. The zero-order valence-electron chi connectivity index (χ0n) is 24.3. The topological polar surface area (TPSA) is 72.0 Å². The lowest BCUT2D eigenvalue weighted by Gasteiger charge is -2.34. The fourth-order valence-corrected chi connectivity index (χ4v) is 5.48. The monoisotopic (exact) mass is 636 g/mol. The van der Waals surface area contributed by atoms with E-state index in [2.05, 4.69) is 15.2 Å². The van der Waals surface area contributed by atoms with E-state index in [-0.39, 0.29) is 36.3 Å². The molecule has 7 nitrogen and oxygen atoms in total. The van der Waals surface area contributed by atoms with Crippen molar-refractivity contribution < 1.29 is 31.4 Å². The van der Waals surface area contributed by atoms with Gasteiger partial charge in [0.05, 0.1) is 18.1 Å². The predicted octanol–water partition coefficient (Wildman–Crippen LogP) is 6.82. The fourth-order valence-electron chi connectivity index (χ4n) is 5.48. The second kappa shape index (κ2) is 12.3. The van der Waals surface area contributed by atoms with Crippen LogP contribution in [0.4, 0.5) is 32.0 Å². The number of hydrogen-bond acceptors (Lipinski definition) is 5. The van der Waals surface area contributed by atoms with Crippen LogP contribution in [0.25, 0.3) is 10.9 Å². The summed E-state index contributed by atoms with van der Waals surface area (Å²) in [4.78, 5) is 5.31. The Balaban J connectivity index is 1.40. The molecule has 236 valence electrons. The molecular weight excluding hydrogens is 610 g/mol. The Morgan fingerprint density at radius 3 is 2.00 bits per heavy atom. The molecule has 4 aromatic carbocycles. The van der Waals surface area contributed by atoms with Crippen LogP contribution >= 0.6 is 0 Å². The summed E-state index contributed by atoms with van der Waals surface area (Å²) in [6.45, 7) is 0.628. The molecule has 0 spiro atoms. The summed E-state index contributed by atoms with van der Waals surface area (Å²) in [6, 6.07) is 13.5. The van der Waals surface area contributed by atoms with E-state index >= 15 is 4.39 Å². The normalized spacial score (nSPS) is 13.6. The Bertz CT molecular complexity index is 1920. The summed E-state index contributed by atoms with van der Waals surface area (Å²) in [5.74, 6) is -5.06. The Morgan fingerprint density at radius 2 is 1.43 bits per heavy atom. The maximum absolute atomic E-state index is 15.1. The van der Waals surface area contributed by atoms with Gasteiger partial charge in [-0.2, -0.15) is 10.2 Å². The molecule has 13 heteroatoms. The molecule has 0 saturated heterocycles. The van der Waals surface area contributed by atoms with E-state index in [0.29, 0.717) is 22.7 Å². The van der Waals surface area contributed by atoms with Crippen molar-refractivity contribution in [2.75, 3.05) is 4.90 Å². The highest BCUT2D eigenvalue weighted by Gasteiger charge is 2.41. The van der Waals surface area contributed by atoms with E-state index in [4.69, 9.17) is 0 Å². The molecule has 6 aromatic rings. The third kappa shape index (κ3) is 5.93. The summed E-state index contributed by atoms with van der Waals surface area (Å²) >= 11 is 0. The molecule has 0 unspecified atom stereocenters. The first kappa shape index (κ1) is 30.8. The average molecular weight is 637 g/mol. The maximum atomic E-state index is 15.1. The fraction of sp³-hybridized carbons (Fsp3) is 0.182. The predicted molar refractivity (Wildman–Crippen MR) is 157 cm³/mol. The van der Waals surface area contributed by atoms with Crippen LogP contribution in [-0.2, 0) is 25.2 Å². The molecule has 6 rings (SSSR count). The van der Waals surface area contributed by atoms with Gasteiger partial charge < -0.3 is 10.0 Å². The largest absolute Gasteiger partial charge is 0.381 e. The minimum absolute atomic E-state index is 0.192. The number of aromatic nitrogens is 5. The number of fused-ring (bicyclic) bond motifs is 1. The quantitative estimate of drug-likeness (QED) is 0.167. The number of rotatable bonds is 10. The van der Waals surface area contributed by atoms with Crippen molar-refractivity contribution in [1.82, 2.24) is 24.5 Å². The minimum atomic E-state index is -1.99. The van der Waals surface area contributed by atoms with Gasteiger partial charge in [-0.3, -0.25) is 4.68 Å². The van der Waals surface area contributed by atoms with Crippen LogP contribution in [-0.4, -0.2) is 29.7 Å². The van der Waals surface area contributed by atoms with Gasteiger partial charge in [0.15, 0.2) is 0 Å². The molecular formula is C33H26F6N6O. The van der Waals surface area contributed by atoms with Crippen molar-refractivity contribution in [3.63, 3.8) is 0 Å². The van der Waals surface area contributed by atoms with Gasteiger partial charge >= 0.3 is 0 Å². The molecule has 0 aliphatic heterocycles. The Hall–Kier alpha value is -5.17. The van der Waals surface area contributed by atoms with Crippen molar-refractivity contribution in [1.29, 1.82) is 0 Å². The number of aliphatic hydroxyl groups is 1. The zero-order valence-corrected chi connectivity index (χ0v) is 24.3. The van der Waals surface area contributed by atoms with Crippen LogP contribution in [0.15, 0.2) is 91.6 Å². The van der Waals surface area contributed by atoms with Crippen LogP contribution in [0.1, 0.15) is 29.7 Å². The lowest BCUT2D eigenvalue weighted by atomic mass is 9.86. The van der Waals surface area contributed by atoms with E-state index in [1.807, 2.05) is 0 Å². The number of nitrogens with zero attached hydrogens (tertiary/aromatic N) is 6. The van der Waals surface area contributed by atoms with Gasteiger partial charge in [0.1, 0.15) is 53.2 Å². The van der Waals surface area contributed by atoms with Crippen molar-refractivity contribution in [2.24, 2.45) is 0 Å². The van der Waals surface area contributed by atoms with Crippen molar-refractivity contribution >= 4 is 16.6 Å². The summed E-state index contributed by atoms with van der Waals surface area (Å²) in [5.41, 5.74) is -1.96. The van der Waals surface area contributed by atoms with Crippen LogP contribution in [0, 0.1) is 34.9 Å². The number of benzene rings is 4. The zero-order chi connectivity index (χ0) is 32.6. The van der Waals surface area contributed by atoms with Crippen LogP contribution in [0.3, 0.4) is 0 Å². The van der Waals surface area contributed by atoms with Crippen LogP contribution in [0.5, 0.6) is 0 Å². The first-order valence-electron chi connectivity index (χ1n) is 14.1. The van der Waals surface area contributed by atoms with Crippen molar-refractivity contribution in [3.05, 3.63) is 143 Å². The third-order valence-electron chi connectivity index (χ3n) is 8.05. The molecule has 2 aromatic heterocycles. The number of hydrogen-bond donors (Lipinski definition) is 1. The summed E-state index contributed by atoms with van der Waals surface area (Å²) < 4.78 is 90.4. The van der Waals surface area contributed by atoms with Gasteiger partial charge in [-0.05, 0) is 55.5 Å². The van der Waals surface area contributed by atoms with Gasteiger partial charge in [-0.15, -0.1) is 0 Å². The standard InChI is InChI=1S/C33H26F6N6O/c1-20(33(46,17-44-19-40-18-41-44)26-10-8-22(34)13-31(26)39)45-14-21-12-23(9-11-32(21)42-45)43(15-24-27(35)4-2-5-28(24)36)16-25-29(37)6-3-7-30(25)38/h2-14,18-20,46H,15-17H2,1H3/t20-,33-/m1/s1. The van der Waals surface area contributed by atoms with Gasteiger partial charge in [0, 0.05) is 53.1 Å². The molecule has 0 aliphatic rings. The van der Waals surface area contributed by atoms with Crippen LogP contribution in [0.2, 0.25) is 0 Å². The molecule has 46 heavy (non-hydrogen) atoms. The molecule has 0 amide bonds. The van der Waals surface area contributed by atoms with E-state index < -0.39 is 46.5 Å². The second-order valence-electron chi connectivity index (χ2n) is 10.9. The SMILES string of the molecule is C[C@@H](n1cc2cc(N(Cc3c(F)cccc3F)Cc3c(F)cccc3F)ccc2n1)[C@](O)(Cn1cncn1)c1ccc(F)cc1F. The highest BCUT2D eigenvalue weighted by atomic mass is 19.2. The Morgan fingerprint density at radius 1 is 0.804 bits per heavy atom. The lowest BCUT2D eigenvalue weighted by molar-refractivity contribution is -0.0366. The summed E-state index contributed by atoms with van der Waals surface area (Å²) in [6.07, 6.45) is 4.17. The van der Waals surface area contributed by atoms with Crippen molar-refractivity contribution in [3.8, 4) is 0 Å². The van der Waals surface area contributed by atoms with Gasteiger partial charge in [0.2, 0.25) is 0 Å². The first-order chi connectivity index (χ1) is 22.0. The highest BCUT2D eigenvalue weighted by Crippen LogP contribution is 2.37. The smallest absolute Gasteiger partial charge is 0.137 e. The molecule has 0 fully saturated rings. The molecule has 0 aliphatic carbocycles. The first-order valence-corrected chi connectivity index (χ1v) is 14.1. The Kier molecular flexibility index (Phi) is 8.26. The van der Waals surface area contributed by atoms with Crippen molar-refractivity contribution in [2.45, 2.75) is 38.2 Å². The lowest BCUT2D eigenvalue weighted by Crippen LogP contribution is -2.40. The molecule has 1 N–H and O–H groups in total. The minimum Gasteiger partial charge on any atom is -0.381 e. The third-order valence-corrected chi connectivity index (χ3v) is 8.05. The van der Waals surface area contributed by atoms with E-state index in [1.165, 1.54) is 39.1 Å². The van der Waals surface area contributed by atoms with E-state index in [0.717, 1.165) is 36.4 Å². The molecule has 0 bridgehead atoms. The highest BCUT2D eigenvalue weighted by molar-refractivity contribution is 5.82. The maximum Gasteiger partial charge on any atom is 0.137 e. The van der Waals surface area contributed by atoms with Gasteiger partial charge in [-0.25, -0.2) is 36.0 Å². The van der Waals surface area contributed by atoms with Crippen LogP contribution < -0.4 is 4.90 Å². The summed E-state index contributed by atoms with van der Waals surface area (Å²) in [7, 11) is 0. The number of anilines is 1. The Labute approximate surface area is 259 Å². The van der Waals surface area contributed by atoms with Gasteiger partial charge in [-0.1, -0.05) is 18.2 Å². The van der Waals surface area contributed by atoms with Gasteiger partial charge in [0.25, 0.3) is 0 Å². The molecule has 0 radical (unpaired) electrons. The molecule has 2 heterocycles. The second-order valence-corrected chi connectivity index (χ2v) is 10.9. The summed E-state index contributed by atoms with van der Waals surface area (Å²) in [5, 5.41) is 21.1. The molecule has 0 saturated carbocycles. The molecule has 2 atom stereocenters. The van der Waals surface area contributed by atoms with E-state index in [1.54, 1.807) is 31.3 Å². The van der Waals surface area contributed by atoms with E-state index in [9.17, 15) is 27.1 Å². The number of halogens is 6.